The monoisotopic (exact) mass is 375 g/mol. The van der Waals surface area contributed by atoms with E-state index in [9.17, 15) is 0 Å². The summed E-state index contributed by atoms with van der Waals surface area (Å²) >= 11 is 0. The molecule has 0 aromatic heterocycles. The van der Waals surface area contributed by atoms with Gasteiger partial charge in [0.15, 0.2) is 5.96 Å². The summed E-state index contributed by atoms with van der Waals surface area (Å²) in [4.78, 5) is 9.39. The molecule has 1 aliphatic rings. The Hall–Kier alpha value is -1.79. The fourth-order valence-corrected chi connectivity index (χ4v) is 3.32. The molecule has 1 aromatic rings. The summed E-state index contributed by atoms with van der Waals surface area (Å²) in [5.74, 6) is 1.74. The molecular weight excluding hydrogens is 338 g/mol. The lowest BCUT2D eigenvalue weighted by molar-refractivity contribution is 0.107. The summed E-state index contributed by atoms with van der Waals surface area (Å²) in [5.41, 5.74) is 1.21. The van der Waals surface area contributed by atoms with Crippen LogP contribution in [0, 0.1) is 6.92 Å². The van der Waals surface area contributed by atoms with Gasteiger partial charge in [-0.25, -0.2) is 0 Å². The molecule has 0 amide bonds. The number of hydrogen-bond acceptors (Lipinski definition) is 4. The van der Waals surface area contributed by atoms with Gasteiger partial charge >= 0.3 is 0 Å². The first-order chi connectivity index (χ1) is 13.0. The van der Waals surface area contributed by atoms with E-state index in [4.69, 9.17) is 4.74 Å². The number of nitrogens with one attached hydrogen (secondary N) is 2. The number of rotatable bonds is 8. The van der Waals surface area contributed by atoms with Crippen molar-refractivity contribution in [2.45, 2.75) is 39.8 Å². The van der Waals surface area contributed by atoms with Crippen molar-refractivity contribution >= 4 is 5.96 Å². The van der Waals surface area contributed by atoms with Gasteiger partial charge in [0, 0.05) is 45.8 Å². The number of aliphatic imine (C=N–C) groups is 1. The van der Waals surface area contributed by atoms with E-state index in [0.717, 1.165) is 37.9 Å². The number of hydrogen-bond donors (Lipinski definition) is 2. The molecule has 1 fully saturated rings. The number of nitrogens with zero attached hydrogens (tertiary/aromatic N) is 3. The van der Waals surface area contributed by atoms with Gasteiger partial charge in [0.1, 0.15) is 11.9 Å². The Labute approximate surface area is 165 Å². The van der Waals surface area contributed by atoms with Gasteiger partial charge in [-0.2, -0.15) is 0 Å². The third-order valence-electron chi connectivity index (χ3n) is 5.15. The highest BCUT2D eigenvalue weighted by atomic mass is 16.5. The predicted molar refractivity (Wildman–Crippen MR) is 114 cm³/mol. The normalized spacial score (nSPS) is 18.8. The quantitative estimate of drug-likeness (QED) is 0.537. The molecule has 1 aromatic carbocycles. The predicted octanol–water partition coefficient (Wildman–Crippen LogP) is 1.95. The highest BCUT2D eigenvalue weighted by molar-refractivity contribution is 5.79. The van der Waals surface area contributed by atoms with Crippen LogP contribution in [0.3, 0.4) is 0 Å². The topological polar surface area (TPSA) is 52.1 Å². The molecule has 0 saturated carbocycles. The third kappa shape index (κ3) is 7.39. The lowest BCUT2D eigenvalue weighted by atomic mass is 10.2. The SMILES string of the molecule is CCN1CCN(C(C)CNC(=NC)NCC(C)Oc2cccc(C)c2)CC1. The average molecular weight is 376 g/mol. The second-order valence-electron chi connectivity index (χ2n) is 7.40. The highest BCUT2D eigenvalue weighted by Gasteiger charge is 2.20. The Morgan fingerprint density at radius 2 is 1.85 bits per heavy atom. The van der Waals surface area contributed by atoms with E-state index in [1.54, 1.807) is 0 Å². The van der Waals surface area contributed by atoms with Crippen LogP contribution in [-0.4, -0.2) is 80.8 Å². The van der Waals surface area contributed by atoms with Crippen molar-refractivity contribution in [2.24, 2.45) is 4.99 Å². The molecule has 2 atom stereocenters. The van der Waals surface area contributed by atoms with Gasteiger partial charge in [-0.05, 0) is 45.0 Å². The molecular formula is C21H37N5O. The van der Waals surface area contributed by atoms with E-state index in [0.29, 0.717) is 12.6 Å². The van der Waals surface area contributed by atoms with Gasteiger partial charge in [0.2, 0.25) is 0 Å². The van der Waals surface area contributed by atoms with Gasteiger partial charge in [0.05, 0.1) is 6.54 Å². The molecule has 0 spiro atoms. The second-order valence-corrected chi connectivity index (χ2v) is 7.40. The summed E-state index contributed by atoms with van der Waals surface area (Å²) < 4.78 is 5.97. The lowest BCUT2D eigenvalue weighted by Gasteiger charge is -2.37. The molecule has 0 aliphatic carbocycles. The first-order valence-corrected chi connectivity index (χ1v) is 10.2. The minimum atomic E-state index is 0.0601. The molecule has 1 aliphatic heterocycles. The van der Waals surface area contributed by atoms with E-state index in [1.807, 2.05) is 19.2 Å². The molecule has 2 unspecified atom stereocenters. The minimum absolute atomic E-state index is 0.0601. The molecule has 2 N–H and O–H groups in total. The molecule has 6 nitrogen and oxygen atoms in total. The van der Waals surface area contributed by atoms with Crippen LogP contribution in [0.2, 0.25) is 0 Å². The Kier molecular flexibility index (Phi) is 8.88. The Morgan fingerprint density at radius 1 is 1.15 bits per heavy atom. The maximum Gasteiger partial charge on any atom is 0.191 e. The summed E-state index contributed by atoms with van der Waals surface area (Å²) in [6.07, 6.45) is 0.0601. The summed E-state index contributed by atoms with van der Waals surface area (Å²) in [6, 6.07) is 8.64. The zero-order chi connectivity index (χ0) is 19.6. The average Bonchev–Trinajstić information content (AvgIpc) is 2.68. The lowest BCUT2D eigenvalue weighted by Crippen LogP contribution is -2.53. The molecule has 152 valence electrons. The van der Waals surface area contributed by atoms with Crippen LogP contribution >= 0.6 is 0 Å². The van der Waals surface area contributed by atoms with E-state index in [-0.39, 0.29) is 6.10 Å². The van der Waals surface area contributed by atoms with Crippen LogP contribution in [0.5, 0.6) is 5.75 Å². The van der Waals surface area contributed by atoms with E-state index in [2.05, 4.69) is 65.3 Å². The summed E-state index contributed by atoms with van der Waals surface area (Å²) in [5, 5.41) is 6.81. The number of piperazine rings is 1. The van der Waals surface area contributed by atoms with Crippen molar-refractivity contribution in [2.75, 3.05) is 52.9 Å². The largest absolute Gasteiger partial charge is 0.489 e. The summed E-state index contributed by atoms with van der Waals surface area (Å²) in [7, 11) is 1.81. The van der Waals surface area contributed by atoms with E-state index in [1.165, 1.54) is 18.7 Å². The first kappa shape index (κ1) is 21.5. The summed E-state index contributed by atoms with van der Waals surface area (Å²) in [6.45, 7) is 16.0. The molecule has 1 saturated heterocycles. The van der Waals surface area contributed by atoms with Crippen molar-refractivity contribution in [3.8, 4) is 5.75 Å². The van der Waals surface area contributed by atoms with Gasteiger partial charge < -0.3 is 20.3 Å². The highest BCUT2D eigenvalue weighted by Crippen LogP contribution is 2.13. The smallest absolute Gasteiger partial charge is 0.191 e. The molecule has 27 heavy (non-hydrogen) atoms. The molecule has 6 heteroatoms. The zero-order valence-electron chi connectivity index (χ0n) is 17.7. The fraction of sp³-hybridized carbons (Fsp3) is 0.667. The van der Waals surface area contributed by atoms with Crippen molar-refractivity contribution in [3.05, 3.63) is 29.8 Å². The van der Waals surface area contributed by atoms with E-state index >= 15 is 0 Å². The van der Waals surface area contributed by atoms with Crippen LogP contribution in [-0.2, 0) is 0 Å². The van der Waals surface area contributed by atoms with Crippen molar-refractivity contribution in [3.63, 3.8) is 0 Å². The minimum Gasteiger partial charge on any atom is -0.489 e. The van der Waals surface area contributed by atoms with Gasteiger partial charge in [-0.1, -0.05) is 19.1 Å². The van der Waals surface area contributed by atoms with Crippen LogP contribution in [0.15, 0.2) is 29.3 Å². The zero-order valence-corrected chi connectivity index (χ0v) is 17.7. The van der Waals surface area contributed by atoms with Gasteiger partial charge in [-0.3, -0.25) is 9.89 Å². The number of likely N-dealkylation sites (N-methyl/N-ethyl adjacent to an activating group) is 1. The Morgan fingerprint density at radius 3 is 2.48 bits per heavy atom. The number of benzene rings is 1. The second kappa shape index (κ2) is 11.1. The maximum absolute atomic E-state index is 5.97. The van der Waals surface area contributed by atoms with Gasteiger partial charge in [-0.15, -0.1) is 0 Å². The number of aryl methyl sites for hydroxylation is 1. The van der Waals surface area contributed by atoms with E-state index < -0.39 is 0 Å². The standard InChI is InChI=1S/C21H37N5O/c1-6-25-10-12-26(13-11-25)18(3)15-23-21(22-5)24-16-19(4)27-20-9-7-8-17(2)14-20/h7-9,14,18-19H,6,10-13,15-16H2,1-5H3,(H2,22,23,24). The number of ether oxygens (including phenoxy) is 1. The van der Waals surface area contributed by atoms with Crippen LogP contribution < -0.4 is 15.4 Å². The van der Waals surface area contributed by atoms with Crippen LogP contribution in [0.1, 0.15) is 26.3 Å². The maximum atomic E-state index is 5.97. The van der Waals surface area contributed by atoms with Gasteiger partial charge in [0.25, 0.3) is 0 Å². The molecule has 2 rings (SSSR count). The molecule has 0 radical (unpaired) electrons. The van der Waals surface area contributed by atoms with Crippen molar-refractivity contribution < 1.29 is 4.74 Å². The number of guanidine groups is 1. The first-order valence-electron chi connectivity index (χ1n) is 10.2. The molecule has 0 bridgehead atoms. The van der Waals surface area contributed by atoms with Crippen LogP contribution in [0.4, 0.5) is 0 Å². The third-order valence-corrected chi connectivity index (χ3v) is 5.15. The van der Waals surface area contributed by atoms with Crippen molar-refractivity contribution in [1.29, 1.82) is 0 Å². The Bertz CT molecular complexity index is 584. The fourth-order valence-electron chi connectivity index (χ4n) is 3.32. The Balaban J connectivity index is 1.69. The molecule has 1 heterocycles. The van der Waals surface area contributed by atoms with Crippen LogP contribution in [0.25, 0.3) is 0 Å². The van der Waals surface area contributed by atoms with Crippen molar-refractivity contribution in [1.82, 2.24) is 20.4 Å².